The lowest BCUT2D eigenvalue weighted by Gasteiger charge is -2.13. The smallest absolute Gasteiger partial charge is 0.168 e. The lowest BCUT2D eigenvalue weighted by molar-refractivity contribution is 0.284. The van der Waals surface area contributed by atoms with Gasteiger partial charge >= 0.3 is 0 Å². The SMILES string of the molecule is OCCCc1c(O)ccc2c1OCCCO2. The Bertz CT molecular complexity index is 362. The zero-order valence-electron chi connectivity index (χ0n) is 9.11. The average Bonchev–Trinajstić information content (AvgIpc) is 2.53. The maximum atomic E-state index is 9.77. The number of phenols is 1. The van der Waals surface area contributed by atoms with Crippen LogP contribution in [0.1, 0.15) is 18.4 Å². The molecule has 0 saturated carbocycles. The Morgan fingerprint density at radius 3 is 2.81 bits per heavy atom. The highest BCUT2D eigenvalue weighted by atomic mass is 16.5. The molecule has 4 heteroatoms. The molecule has 1 aromatic rings. The number of phenolic OH excluding ortho intramolecular Hbond substituents is 1. The number of aliphatic hydroxyl groups excluding tert-OH is 1. The van der Waals surface area contributed by atoms with E-state index in [1.807, 2.05) is 0 Å². The molecule has 1 heterocycles. The molecular formula is C12H16O4. The van der Waals surface area contributed by atoms with Gasteiger partial charge in [-0.1, -0.05) is 0 Å². The minimum Gasteiger partial charge on any atom is -0.508 e. The molecular weight excluding hydrogens is 208 g/mol. The van der Waals surface area contributed by atoms with Crippen molar-refractivity contribution in [3.63, 3.8) is 0 Å². The van der Waals surface area contributed by atoms with Crippen LogP contribution in [0.25, 0.3) is 0 Å². The van der Waals surface area contributed by atoms with Gasteiger partial charge in [0.1, 0.15) is 5.75 Å². The van der Waals surface area contributed by atoms with Gasteiger partial charge in [-0.3, -0.25) is 0 Å². The number of hydrogen-bond donors (Lipinski definition) is 2. The number of rotatable bonds is 3. The molecule has 88 valence electrons. The van der Waals surface area contributed by atoms with Crippen LogP contribution in [0.2, 0.25) is 0 Å². The summed E-state index contributed by atoms with van der Waals surface area (Å²) in [5.41, 5.74) is 0.730. The van der Waals surface area contributed by atoms with Crippen molar-refractivity contribution >= 4 is 0 Å². The van der Waals surface area contributed by atoms with Gasteiger partial charge < -0.3 is 19.7 Å². The summed E-state index contributed by atoms with van der Waals surface area (Å²) >= 11 is 0. The molecule has 2 N–H and O–H groups in total. The molecule has 1 aromatic carbocycles. The van der Waals surface area contributed by atoms with Crippen LogP contribution in [0.5, 0.6) is 17.2 Å². The molecule has 0 aliphatic carbocycles. The fraction of sp³-hybridized carbons (Fsp3) is 0.500. The van der Waals surface area contributed by atoms with Gasteiger partial charge in [0.25, 0.3) is 0 Å². The van der Waals surface area contributed by atoms with E-state index in [2.05, 4.69) is 0 Å². The second-order valence-electron chi connectivity index (χ2n) is 3.77. The van der Waals surface area contributed by atoms with Crippen LogP contribution >= 0.6 is 0 Å². The molecule has 1 aliphatic heterocycles. The average molecular weight is 224 g/mol. The van der Waals surface area contributed by atoms with Crippen molar-refractivity contribution in [1.29, 1.82) is 0 Å². The monoisotopic (exact) mass is 224 g/mol. The summed E-state index contributed by atoms with van der Waals surface area (Å²) in [6, 6.07) is 3.33. The van der Waals surface area contributed by atoms with Gasteiger partial charge in [-0.05, 0) is 25.0 Å². The molecule has 0 aromatic heterocycles. The molecule has 0 amide bonds. The van der Waals surface area contributed by atoms with Crippen molar-refractivity contribution in [2.45, 2.75) is 19.3 Å². The number of ether oxygens (including phenoxy) is 2. The van der Waals surface area contributed by atoms with Crippen LogP contribution in [-0.4, -0.2) is 30.0 Å². The molecule has 4 nitrogen and oxygen atoms in total. The largest absolute Gasteiger partial charge is 0.508 e. The minimum atomic E-state index is 0.101. The van der Waals surface area contributed by atoms with Crippen molar-refractivity contribution in [2.75, 3.05) is 19.8 Å². The van der Waals surface area contributed by atoms with Gasteiger partial charge in [-0.2, -0.15) is 0 Å². The zero-order chi connectivity index (χ0) is 11.4. The third-order valence-corrected chi connectivity index (χ3v) is 2.58. The first-order valence-electron chi connectivity index (χ1n) is 5.54. The van der Waals surface area contributed by atoms with E-state index in [4.69, 9.17) is 14.6 Å². The van der Waals surface area contributed by atoms with Gasteiger partial charge in [0.15, 0.2) is 11.5 Å². The molecule has 0 unspecified atom stereocenters. The van der Waals surface area contributed by atoms with E-state index in [0.29, 0.717) is 37.6 Å². The summed E-state index contributed by atoms with van der Waals surface area (Å²) in [6.45, 7) is 1.34. The first-order chi connectivity index (χ1) is 7.83. The van der Waals surface area contributed by atoms with Crippen molar-refractivity contribution in [1.82, 2.24) is 0 Å². The van der Waals surface area contributed by atoms with E-state index in [9.17, 15) is 5.11 Å². The summed E-state index contributed by atoms with van der Waals surface area (Å²) in [5, 5.41) is 18.6. The van der Waals surface area contributed by atoms with Crippen molar-refractivity contribution < 1.29 is 19.7 Å². The van der Waals surface area contributed by atoms with E-state index >= 15 is 0 Å². The summed E-state index contributed by atoms with van der Waals surface area (Å²) in [5.74, 6) is 1.52. The van der Waals surface area contributed by atoms with E-state index in [0.717, 1.165) is 12.0 Å². The van der Waals surface area contributed by atoms with Crippen molar-refractivity contribution in [3.8, 4) is 17.2 Å². The molecule has 0 fully saturated rings. The number of aliphatic hydroxyl groups is 1. The van der Waals surface area contributed by atoms with Crippen LogP contribution in [-0.2, 0) is 6.42 Å². The van der Waals surface area contributed by atoms with Crippen molar-refractivity contribution in [3.05, 3.63) is 17.7 Å². The van der Waals surface area contributed by atoms with Gasteiger partial charge in [-0.15, -0.1) is 0 Å². The maximum absolute atomic E-state index is 9.77. The highest BCUT2D eigenvalue weighted by Crippen LogP contribution is 2.39. The fourth-order valence-corrected chi connectivity index (χ4v) is 1.78. The molecule has 2 rings (SSSR count). The molecule has 0 bridgehead atoms. The van der Waals surface area contributed by atoms with E-state index in [1.165, 1.54) is 0 Å². The molecule has 0 spiro atoms. The third kappa shape index (κ3) is 2.22. The van der Waals surface area contributed by atoms with Crippen LogP contribution in [0.15, 0.2) is 12.1 Å². The number of benzene rings is 1. The van der Waals surface area contributed by atoms with Gasteiger partial charge in [0, 0.05) is 18.6 Å². The van der Waals surface area contributed by atoms with Crippen LogP contribution in [0, 0.1) is 0 Å². The summed E-state index contributed by atoms with van der Waals surface area (Å²) < 4.78 is 11.1. The first kappa shape index (κ1) is 11.1. The minimum absolute atomic E-state index is 0.101. The Kier molecular flexibility index (Phi) is 3.51. The van der Waals surface area contributed by atoms with Gasteiger partial charge in [0.05, 0.1) is 13.2 Å². The number of fused-ring (bicyclic) bond motifs is 1. The number of hydrogen-bond acceptors (Lipinski definition) is 4. The molecule has 16 heavy (non-hydrogen) atoms. The molecule has 1 aliphatic rings. The Labute approximate surface area is 94.4 Å². The standard InChI is InChI=1S/C12H16O4/c13-6-1-3-9-10(14)4-5-11-12(9)16-8-2-7-15-11/h4-5,13-14H,1-3,6-8H2. The maximum Gasteiger partial charge on any atom is 0.168 e. The molecule has 0 atom stereocenters. The van der Waals surface area contributed by atoms with Crippen LogP contribution in [0.3, 0.4) is 0 Å². The zero-order valence-corrected chi connectivity index (χ0v) is 9.11. The van der Waals surface area contributed by atoms with E-state index in [-0.39, 0.29) is 12.4 Å². The van der Waals surface area contributed by atoms with E-state index in [1.54, 1.807) is 12.1 Å². The summed E-state index contributed by atoms with van der Waals surface area (Å²) in [7, 11) is 0. The van der Waals surface area contributed by atoms with E-state index < -0.39 is 0 Å². The number of aromatic hydroxyl groups is 1. The Morgan fingerprint density at radius 1 is 1.19 bits per heavy atom. The lowest BCUT2D eigenvalue weighted by Crippen LogP contribution is -1.99. The normalized spacial score (nSPS) is 14.6. The quantitative estimate of drug-likeness (QED) is 0.816. The van der Waals surface area contributed by atoms with Crippen LogP contribution in [0.4, 0.5) is 0 Å². The second kappa shape index (κ2) is 5.07. The Hall–Kier alpha value is -1.42. The molecule has 0 radical (unpaired) electrons. The highest BCUT2D eigenvalue weighted by molar-refractivity contribution is 5.53. The predicted octanol–water partition coefficient (Wildman–Crippen LogP) is 1.48. The topological polar surface area (TPSA) is 58.9 Å². The van der Waals surface area contributed by atoms with Crippen molar-refractivity contribution in [2.24, 2.45) is 0 Å². The summed E-state index contributed by atoms with van der Waals surface area (Å²) in [4.78, 5) is 0. The summed E-state index contributed by atoms with van der Waals surface area (Å²) in [6.07, 6.45) is 2.04. The van der Waals surface area contributed by atoms with Gasteiger partial charge in [0.2, 0.25) is 0 Å². The predicted molar refractivity (Wildman–Crippen MR) is 59.1 cm³/mol. The fourth-order valence-electron chi connectivity index (χ4n) is 1.78. The Balaban J connectivity index is 2.32. The Morgan fingerprint density at radius 2 is 2.00 bits per heavy atom. The first-order valence-corrected chi connectivity index (χ1v) is 5.54. The van der Waals surface area contributed by atoms with Gasteiger partial charge in [-0.25, -0.2) is 0 Å². The lowest BCUT2D eigenvalue weighted by atomic mass is 10.1. The van der Waals surface area contributed by atoms with Crippen LogP contribution < -0.4 is 9.47 Å². The molecule has 0 saturated heterocycles. The highest BCUT2D eigenvalue weighted by Gasteiger charge is 2.17. The third-order valence-electron chi connectivity index (χ3n) is 2.58. The second-order valence-corrected chi connectivity index (χ2v) is 3.77.